The summed E-state index contributed by atoms with van der Waals surface area (Å²) in [5.41, 5.74) is 2.24. The molecule has 5 heteroatoms. The lowest BCUT2D eigenvalue weighted by atomic mass is 10.1. The van der Waals surface area contributed by atoms with Gasteiger partial charge in [0.1, 0.15) is 6.04 Å². The van der Waals surface area contributed by atoms with Crippen LogP contribution in [0.4, 0.5) is 10.1 Å². The summed E-state index contributed by atoms with van der Waals surface area (Å²) in [7, 11) is 0.500. The Bertz CT molecular complexity index is 517. The van der Waals surface area contributed by atoms with Crippen LogP contribution >= 0.6 is 0 Å². The first kappa shape index (κ1) is 17.1. The normalized spacial score (nSPS) is 17.4. The molecule has 2 amide bonds. The number of nitrogens with zero attached hydrogens (tertiary/aromatic N) is 1. The predicted octanol–water partition coefficient (Wildman–Crippen LogP) is 3.16. The first-order valence-corrected chi connectivity index (χ1v) is 7.18. The van der Waals surface area contributed by atoms with Crippen molar-refractivity contribution < 1.29 is 14.0 Å². The average molecular weight is 294 g/mol. The summed E-state index contributed by atoms with van der Waals surface area (Å²) in [6.45, 7) is 6.50. The Morgan fingerprint density at radius 3 is 2.48 bits per heavy atom. The maximum absolute atomic E-state index is 12.6. The molecule has 2 rings (SSSR count). The van der Waals surface area contributed by atoms with Crippen molar-refractivity contribution in [1.29, 1.82) is 0 Å². The molecular formula is C16H23FN2O2. The molecule has 0 bridgehead atoms. The van der Waals surface area contributed by atoms with E-state index < -0.39 is 0 Å². The molecule has 116 valence electrons. The Hall–Kier alpha value is -1.91. The maximum Gasteiger partial charge on any atom is 0.256 e. The zero-order chi connectivity index (χ0) is 16.0. The molecule has 4 nitrogen and oxygen atoms in total. The lowest BCUT2D eigenvalue weighted by Crippen LogP contribution is -2.45. The number of benzene rings is 1. The molecule has 1 aromatic carbocycles. The Balaban J connectivity index is 0.00000106. The van der Waals surface area contributed by atoms with E-state index in [1.165, 1.54) is 0 Å². The highest BCUT2D eigenvalue weighted by Gasteiger charge is 2.33. The van der Waals surface area contributed by atoms with Crippen LogP contribution in [0.3, 0.4) is 0 Å². The quantitative estimate of drug-likeness (QED) is 0.931. The van der Waals surface area contributed by atoms with E-state index in [1.54, 1.807) is 4.90 Å². The highest BCUT2D eigenvalue weighted by atomic mass is 19.1. The molecule has 21 heavy (non-hydrogen) atoms. The maximum atomic E-state index is 12.6. The van der Waals surface area contributed by atoms with Gasteiger partial charge in [-0.3, -0.25) is 14.0 Å². The second kappa shape index (κ2) is 7.76. The molecule has 0 fully saturated rings. The van der Waals surface area contributed by atoms with E-state index in [2.05, 4.69) is 5.32 Å². The summed E-state index contributed by atoms with van der Waals surface area (Å²) in [5.74, 6) is -0.141. The summed E-state index contributed by atoms with van der Waals surface area (Å²) in [6.07, 6.45) is 1.47. The number of carbonyl (C=O) groups excluding carboxylic acids is 2. The molecule has 0 saturated carbocycles. The highest BCUT2D eigenvalue weighted by molar-refractivity contribution is 6.09. The molecule has 1 aliphatic heterocycles. The number of nitrogens with one attached hydrogen (secondary N) is 1. The lowest BCUT2D eigenvalue weighted by Gasteiger charge is -2.27. The second-order valence-corrected chi connectivity index (χ2v) is 4.96. The smallest absolute Gasteiger partial charge is 0.256 e. The van der Waals surface area contributed by atoms with Gasteiger partial charge in [-0.25, -0.2) is 0 Å². The van der Waals surface area contributed by atoms with Crippen molar-refractivity contribution in [3.8, 4) is 0 Å². The topological polar surface area (TPSA) is 49.4 Å². The number of aryl methyl sites for hydroxylation is 1. The molecule has 1 N–H and O–H groups in total. The highest BCUT2D eigenvalue weighted by Crippen LogP contribution is 2.25. The van der Waals surface area contributed by atoms with Crippen LogP contribution in [0, 0.1) is 6.92 Å². The monoisotopic (exact) mass is 294 g/mol. The Morgan fingerprint density at radius 2 is 1.90 bits per heavy atom. The van der Waals surface area contributed by atoms with Crippen molar-refractivity contribution in [1.82, 2.24) is 4.90 Å². The molecular weight excluding hydrogens is 271 g/mol. The van der Waals surface area contributed by atoms with Gasteiger partial charge < -0.3 is 10.2 Å². The third-order valence-electron chi connectivity index (χ3n) is 3.45. The fourth-order valence-electron chi connectivity index (χ4n) is 2.50. The standard InChI is InChI=1S/C15H20N2O2.CH3F/c1-4-8-17-13(5-2)14(18)16-12-7-6-10(3)9-11(12)15(17)19;1-2/h6-7,9,13H,4-5,8H2,1-3H3,(H,16,18);1H3. The zero-order valence-electron chi connectivity index (χ0n) is 13.1. The van der Waals surface area contributed by atoms with Crippen molar-refractivity contribution in [2.24, 2.45) is 0 Å². The van der Waals surface area contributed by atoms with Gasteiger partial charge in [-0.15, -0.1) is 0 Å². The molecule has 1 unspecified atom stereocenters. The third-order valence-corrected chi connectivity index (χ3v) is 3.45. The predicted molar refractivity (Wildman–Crippen MR) is 82.2 cm³/mol. The van der Waals surface area contributed by atoms with Gasteiger partial charge in [-0.2, -0.15) is 0 Å². The van der Waals surface area contributed by atoms with Gasteiger partial charge in [0, 0.05) is 6.54 Å². The Labute approximate surface area is 125 Å². The zero-order valence-corrected chi connectivity index (χ0v) is 13.1. The van der Waals surface area contributed by atoms with E-state index in [-0.39, 0.29) is 17.9 Å². The minimum atomic E-state index is -0.375. The first-order chi connectivity index (χ1) is 10.1. The molecule has 1 heterocycles. The summed E-state index contributed by atoms with van der Waals surface area (Å²) < 4.78 is 9.50. The van der Waals surface area contributed by atoms with Crippen LogP contribution in [0.25, 0.3) is 0 Å². The average Bonchev–Trinajstić information content (AvgIpc) is 2.58. The van der Waals surface area contributed by atoms with E-state index in [0.717, 1.165) is 12.0 Å². The number of rotatable bonds is 3. The van der Waals surface area contributed by atoms with Gasteiger partial charge >= 0.3 is 0 Å². The summed E-state index contributed by atoms with van der Waals surface area (Å²) >= 11 is 0. The van der Waals surface area contributed by atoms with Gasteiger partial charge in [0.15, 0.2) is 0 Å². The van der Waals surface area contributed by atoms with E-state index >= 15 is 0 Å². The van der Waals surface area contributed by atoms with E-state index in [1.807, 2.05) is 39.0 Å². The molecule has 0 saturated heterocycles. The van der Waals surface area contributed by atoms with E-state index in [4.69, 9.17) is 0 Å². The van der Waals surface area contributed by atoms with E-state index in [0.29, 0.717) is 31.4 Å². The van der Waals surface area contributed by atoms with Gasteiger partial charge in [-0.1, -0.05) is 25.5 Å². The number of carbonyl (C=O) groups is 2. The van der Waals surface area contributed by atoms with E-state index in [9.17, 15) is 14.0 Å². The van der Waals surface area contributed by atoms with Crippen molar-refractivity contribution >= 4 is 17.5 Å². The molecule has 1 aromatic rings. The Kier molecular flexibility index (Phi) is 6.34. The van der Waals surface area contributed by atoms with Gasteiger partial charge in [0.25, 0.3) is 5.91 Å². The fourth-order valence-corrected chi connectivity index (χ4v) is 2.50. The fraction of sp³-hybridized carbons (Fsp3) is 0.500. The molecule has 0 radical (unpaired) electrons. The van der Waals surface area contributed by atoms with Crippen LogP contribution in [0.1, 0.15) is 42.6 Å². The number of fused-ring (bicyclic) bond motifs is 1. The van der Waals surface area contributed by atoms with Crippen LogP contribution in [0.5, 0.6) is 0 Å². The molecule has 0 aromatic heterocycles. The van der Waals surface area contributed by atoms with Crippen LogP contribution in [-0.2, 0) is 4.79 Å². The van der Waals surface area contributed by atoms with Gasteiger partial charge in [0.2, 0.25) is 5.91 Å². The number of amides is 2. The summed E-state index contributed by atoms with van der Waals surface area (Å²) in [5, 5.41) is 2.87. The number of alkyl halides is 1. The molecule has 1 atom stereocenters. The number of halogens is 1. The lowest BCUT2D eigenvalue weighted by molar-refractivity contribution is -0.120. The number of hydrogen-bond acceptors (Lipinski definition) is 2. The van der Waals surface area contributed by atoms with Crippen molar-refractivity contribution in [2.75, 3.05) is 19.0 Å². The minimum Gasteiger partial charge on any atom is -0.327 e. The largest absolute Gasteiger partial charge is 0.327 e. The SMILES string of the molecule is CCCN1C(=O)c2cc(C)ccc2NC(=O)C1CC.CF. The summed E-state index contributed by atoms with van der Waals surface area (Å²) in [4.78, 5) is 26.5. The van der Waals surface area contributed by atoms with Gasteiger partial charge in [-0.05, 0) is 31.9 Å². The first-order valence-electron chi connectivity index (χ1n) is 7.18. The minimum absolute atomic E-state index is 0.0502. The van der Waals surface area contributed by atoms with Crippen LogP contribution < -0.4 is 5.32 Å². The van der Waals surface area contributed by atoms with Crippen LogP contribution in [-0.4, -0.2) is 36.5 Å². The van der Waals surface area contributed by atoms with Crippen molar-refractivity contribution in [3.63, 3.8) is 0 Å². The summed E-state index contributed by atoms with van der Waals surface area (Å²) in [6, 6.07) is 5.18. The molecule has 0 aliphatic carbocycles. The van der Waals surface area contributed by atoms with Crippen LogP contribution in [0.15, 0.2) is 18.2 Å². The van der Waals surface area contributed by atoms with Crippen molar-refractivity contribution in [3.05, 3.63) is 29.3 Å². The molecule has 1 aliphatic rings. The number of hydrogen-bond donors (Lipinski definition) is 1. The van der Waals surface area contributed by atoms with Crippen molar-refractivity contribution in [2.45, 2.75) is 39.7 Å². The Morgan fingerprint density at radius 1 is 1.24 bits per heavy atom. The molecule has 0 spiro atoms. The van der Waals surface area contributed by atoms with Crippen LogP contribution in [0.2, 0.25) is 0 Å². The second-order valence-electron chi connectivity index (χ2n) is 4.96. The van der Waals surface area contributed by atoms with Gasteiger partial charge in [0.05, 0.1) is 18.4 Å². The number of anilines is 1. The third kappa shape index (κ3) is 3.60.